The van der Waals surface area contributed by atoms with E-state index in [1.54, 1.807) is 14.2 Å². The first-order valence-corrected chi connectivity index (χ1v) is 27.1. The van der Waals surface area contributed by atoms with Crippen LogP contribution in [0.3, 0.4) is 0 Å². The first-order valence-electron chi connectivity index (χ1n) is 27.1. The summed E-state index contributed by atoms with van der Waals surface area (Å²) in [7, 11) is 3.50. The predicted octanol–water partition coefficient (Wildman–Crippen LogP) is 21.0. The minimum absolute atomic E-state index is 0.174. The standard InChI is InChI=1S/C76H45FO2/c1-78-45-22-14-20-43(40-45)64-68-55-28-10-6-24-47(55)48-25-7-11-29-56(48)69(68)65(44-21-15-23-46(41-44)79-2)72-61-38-36-51(53-32-16-34-59(66(53)61)71(64)72)52-37-39-62-67-54(52)33-17-35-60(67)73-63(42-18-4-3-5-19-42)70-57-30-12-8-26-49(57)50-27-9-13-31-58(50)74(70)76(77)75(62)73/h3-41H,1-2H3. The molecule has 0 fully saturated rings. The quantitative estimate of drug-likeness (QED) is 0.155. The molecule has 0 saturated carbocycles. The highest BCUT2D eigenvalue weighted by Crippen LogP contribution is 2.62. The Labute approximate surface area is 454 Å². The molecule has 0 aliphatic heterocycles. The molecule has 0 heterocycles. The lowest BCUT2D eigenvalue weighted by molar-refractivity contribution is 0.415. The molecule has 2 aliphatic rings. The molecule has 15 aromatic carbocycles. The van der Waals surface area contributed by atoms with Gasteiger partial charge in [-0.25, -0.2) is 4.39 Å². The van der Waals surface area contributed by atoms with Crippen molar-refractivity contribution in [3.8, 4) is 101 Å². The highest BCUT2D eigenvalue weighted by atomic mass is 19.1. The summed E-state index contributed by atoms with van der Waals surface area (Å²) in [6.45, 7) is 0. The van der Waals surface area contributed by atoms with Crippen LogP contribution >= 0.6 is 0 Å². The van der Waals surface area contributed by atoms with Crippen LogP contribution in [0.15, 0.2) is 237 Å². The third kappa shape index (κ3) is 5.88. The number of rotatable bonds is 6. The third-order valence-electron chi connectivity index (χ3n) is 17.5. The van der Waals surface area contributed by atoms with E-state index in [4.69, 9.17) is 9.47 Å². The molecule has 0 radical (unpaired) electrons. The van der Waals surface area contributed by atoms with Crippen LogP contribution in [0.1, 0.15) is 0 Å². The van der Waals surface area contributed by atoms with Gasteiger partial charge in [0.05, 0.1) is 14.2 Å². The molecule has 2 aliphatic carbocycles. The zero-order valence-electron chi connectivity index (χ0n) is 43.2. The van der Waals surface area contributed by atoms with Crippen molar-refractivity contribution in [1.82, 2.24) is 0 Å². The Hall–Kier alpha value is -10.1. The molecule has 368 valence electrons. The van der Waals surface area contributed by atoms with Crippen LogP contribution in [0.5, 0.6) is 11.5 Å². The fourth-order valence-electron chi connectivity index (χ4n) is 14.5. The maximum Gasteiger partial charge on any atom is 0.140 e. The zero-order chi connectivity index (χ0) is 52.2. The maximum absolute atomic E-state index is 18.5. The van der Waals surface area contributed by atoms with E-state index in [9.17, 15) is 0 Å². The van der Waals surface area contributed by atoms with E-state index in [1.165, 1.54) is 71.1 Å². The molecular formula is C76H45FO2. The minimum Gasteiger partial charge on any atom is -0.497 e. The summed E-state index contributed by atoms with van der Waals surface area (Å²) in [5.74, 6) is 1.43. The Morgan fingerprint density at radius 2 is 0.544 bits per heavy atom. The Morgan fingerprint density at radius 1 is 0.228 bits per heavy atom. The Balaban J connectivity index is 0.987. The molecular weight excluding hydrogens is 964 g/mol. The lowest BCUT2D eigenvalue weighted by Crippen LogP contribution is -1.96. The van der Waals surface area contributed by atoms with Crippen molar-refractivity contribution < 1.29 is 13.9 Å². The molecule has 0 aromatic heterocycles. The minimum atomic E-state index is -0.174. The van der Waals surface area contributed by atoms with E-state index in [0.29, 0.717) is 10.9 Å². The van der Waals surface area contributed by atoms with Gasteiger partial charge in [0.2, 0.25) is 0 Å². The normalized spacial score (nSPS) is 12.2. The fraction of sp³-hybridized carbons (Fsp3) is 0.0263. The number of hydrogen-bond donors (Lipinski definition) is 0. The molecule has 0 unspecified atom stereocenters. The molecule has 3 heteroatoms. The van der Waals surface area contributed by atoms with Gasteiger partial charge in [-0.1, -0.05) is 212 Å². The first-order chi connectivity index (χ1) is 39.1. The van der Waals surface area contributed by atoms with Crippen molar-refractivity contribution in [3.63, 3.8) is 0 Å². The molecule has 15 aromatic rings. The fourth-order valence-corrected chi connectivity index (χ4v) is 14.5. The number of fused-ring (bicyclic) bond motifs is 18. The van der Waals surface area contributed by atoms with Gasteiger partial charge < -0.3 is 9.47 Å². The van der Waals surface area contributed by atoms with Crippen molar-refractivity contribution in [2.45, 2.75) is 0 Å². The Morgan fingerprint density at radius 3 is 1.00 bits per heavy atom. The van der Waals surface area contributed by atoms with Crippen LogP contribution in [-0.4, -0.2) is 14.2 Å². The van der Waals surface area contributed by atoms with E-state index in [1.807, 2.05) is 18.2 Å². The van der Waals surface area contributed by atoms with Gasteiger partial charge >= 0.3 is 0 Å². The summed E-state index contributed by atoms with van der Waals surface area (Å²) in [6, 6.07) is 85.1. The largest absolute Gasteiger partial charge is 0.497 e. The van der Waals surface area contributed by atoms with Crippen molar-refractivity contribution in [1.29, 1.82) is 0 Å². The van der Waals surface area contributed by atoms with Gasteiger partial charge in [0.25, 0.3) is 0 Å². The molecule has 2 nitrogen and oxygen atoms in total. The molecule has 17 rings (SSSR count). The zero-order valence-corrected chi connectivity index (χ0v) is 43.2. The SMILES string of the molecule is COc1cccc(-c2c3c(c(-c4cccc(OC)c4)c4c5ccccc5c5ccccc5c24)-c2ccc(-c4ccc5c6c(cccc46)-c4c-5c(F)c5c6ccccc6c6ccccc6c5c4-c4ccccc4)c4cccc-3c24)c1. The first kappa shape index (κ1) is 44.1. The van der Waals surface area contributed by atoms with Crippen molar-refractivity contribution in [3.05, 3.63) is 242 Å². The predicted molar refractivity (Wildman–Crippen MR) is 330 cm³/mol. The van der Waals surface area contributed by atoms with Crippen LogP contribution in [-0.2, 0) is 0 Å². The van der Waals surface area contributed by atoms with Gasteiger partial charge in [-0.3, -0.25) is 0 Å². The monoisotopic (exact) mass is 1010 g/mol. The number of methoxy groups -OCH3 is 2. The summed E-state index contributed by atoms with van der Waals surface area (Å²) in [5, 5.41) is 17.5. The number of benzene rings is 15. The second kappa shape index (κ2) is 16.5. The van der Waals surface area contributed by atoms with Crippen LogP contribution in [0, 0.1) is 5.82 Å². The summed E-state index contributed by atoms with van der Waals surface area (Å²) >= 11 is 0. The third-order valence-corrected chi connectivity index (χ3v) is 17.5. The summed E-state index contributed by atoms with van der Waals surface area (Å²) in [4.78, 5) is 0. The Bertz CT molecular complexity index is 5090. The van der Waals surface area contributed by atoms with Crippen molar-refractivity contribution in [2.75, 3.05) is 14.2 Å². The summed E-state index contributed by atoms with van der Waals surface area (Å²) < 4.78 is 30.5. The van der Waals surface area contributed by atoms with Crippen LogP contribution in [0.4, 0.5) is 4.39 Å². The topological polar surface area (TPSA) is 18.5 Å². The highest BCUT2D eigenvalue weighted by Gasteiger charge is 2.36. The van der Waals surface area contributed by atoms with Crippen LogP contribution in [0.25, 0.3) is 175 Å². The second-order valence-corrected chi connectivity index (χ2v) is 21.2. The van der Waals surface area contributed by atoms with Crippen LogP contribution in [0.2, 0.25) is 0 Å². The smallest absolute Gasteiger partial charge is 0.140 e. The molecule has 0 atom stereocenters. The lowest BCUT2D eigenvalue weighted by atomic mass is 9.79. The highest BCUT2D eigenvalue weighted by molar-refractivity contribution is 6.39. The Kier molecular flexibility index (Phi) is 9.18. The molecule has 79 heavy (non-hydrogen) atoms. The lowest BCUT2D eigenvalue weighted by Gasteiger charge is -2.24. The number of halogens is 1. The molecule has 0 amide bonds. The second-order valence-electron chi connectivity index (χ2n) is 21.2. The number of ether oxygens (including phenoxy) is 2. The van der Waals surface area contributed by atoms with E-state index in [-0.39, 0.29) is 5.82 Å². The van der Waals surface area contributed by atoms with Gasteiger partial charge in [0.15, 0.2) is 0 Å². The van der Waals surface area contributed by atoms with Gasteiger partial charge in [-0.2, -0.15) is 0 Å². The molecule has 0 spiro atoms. The average molecular weight is 1010 g/mol. The molecule has 0 N–H and O–H groups in total. The molecule has 0 saturated heterocycles. The average Bonchev–Trinajstić information content (AvgIpc) is 3.50. The van der Waals surface area contributed by atoms with E-state index in [2.05, 4.69) is 218 Å². The van der Waals surface area contributed by atoms with Crippen LogP contribution < -0.4 is 9.47 Å². The summed E-state index contributed by atoms with van der Waals surface area (Å²) in [6.07, 6.45) is 0. The van der Waals surface area contributed by atoms with Gasteiger partial charge in [-0.05, 0) is 178 Å². The van der Waals surface area contributed by atoms with Crippen molar-refractivity contribution >= 4 is 86.2 Å². The van der Waals surface area contributed by atoms with Crippen molar-refractivity contribution in [2.24, 2.45) is 0 Å². The summed E-state index contributed by atoms with van der Waals surface area (Å²) in [5.41, 5.74) is 17.3. The van der Waals surface area contributed by atoms with Gasteiger partial charge in [0, 0.05) is 21.9 Å². The molecule has 0 bridgehead atoms. The van der Waals surface area contributed by atoms with Gasteiger partial charge in [0.1, 0.15) is 17.3 Å². The number of hydrogen-bond acceptors (Lipinski definition) is 2. The van der Waals surface area contributed by atoms with E-state index in [0.717, 1.165) is 105 Å². The van der Waals surface area contributed by atoms with Gasteiger partial charge in [-0.15, -0.1) is 0 Å². The van der Waals surface area contributed by atoms with E-state index >= 15 is 4.39 Å². The van der Waals surface area contributed by atoms with E-state index < -0.39 is 0 Å². The maximum atomic E-state index is 18.5.